The Balaban J connectivity index is 2.71. The molecule has 0 saturated heterocycles. The lowest BCUT2D eigenvalue weighted by atomic mass is 10.0. The van der Waals surface area contributed by atoms with Crippen molar-refractivity contribution in [1.82, 2.24) is 0 Å². The Kier molecular flexibility index (Phi) is 3.21. The molecule has 0 unspecified atom stereocenters. The minimum atomic E-state index is -0.786. The Morgan fingerprint density at radius 3 is 2.20 bits per heavy atom. The second kappa shape index (κ2) is 4.84. The molecule has 0 radical (unpaired) electrons. The third kappa shape index (κ3) is 2.21. The van der Waals surface area contributed by atoms with Crippen LogP contribution in [0.3, 0.4) is 0 Å². The number of non-ortho nitro benzene ring substituents is 1. The van der Waals surface area contributed by atoms with Crippen LogP contribution in [0.1, 0.15) is 0 Å². The van der Waals surface area contributed by atoms with Crippen LogP contribution in [0.5, 0.6) is 11.5 Å². The summed E-state index contributed by atoms with van der Waals surface area (Å²) in [6.45, 7) is 0. The molecule has 0 bridgehead atoms. The van der Waals surface area contributed by atoms with Gasteiger partial charge in [-0.1, -0.05) is 12.1 Å². The van der Waals surface area contributed by atoms with Gasteiger partial charge in [-0.25, -0.2) is 0 Å². The molecule has 0 aromatic heterocycles. The highest BCUT2D eigenvalue weighted by Gasteiger charge is 2.22. The highest BCUT2D eigenvalue weighted by Crippen LogP contribution is 2.41. The molecule has 0 atom stereocenters. The molecule has 8 nitrogen and oxygen atoms in total. The minimum absolute atomic E-state index is 0.0194. The van der Waals surface area contributed by atoms with Crippen LogP contribution >= 0.6 is 0 Å². The van der Waals surface area contributed by atoms with E-state index >= 15 is 0 Å². The number of nitrogens with zero attached hydrogens (tertiary/aromatic N) is 2. The van der Waals surface area contributed by atoms with Crippen molar-refractivity contribution in [3.63, 3.8) is 0 Å². The highest BCUT2D eigenvalue weighted by atomic mass is 16.6. The fraction of sp³-hybridized carbons (Fsp3) is 0. The van der Waals surface area contributed by atoms with E-state index in [1.54, 1.807) is 0 Å². The third-order valence-corrected chi connectivity index (χ3v) is 2.69. The Hall–Kier alpha value is -3.16. The van der Waals surface area contributed by atoms with Gasteiger partial charge in [0.2, 0.25) is 0 Å². The van der Waals surface area contributed by atoms with Crippen molar-refractivity contribution in [1.29, 1.82) is 0 Å². The molecule has 0 aliphatic carbocycles. The molecule has 0 aliphatic rings. The van der Waals surface area contributed by atoms with E-state index in [9.17, 15) is 30.4 Å². The zero-order valence-electron chi connectivity index (χ0n) is 9.89. The van der Waals surface area contributed by atoms with Gasteiger partial charge in [-0.15, -0.1) is 0 Å². The summed E-state index contributed by atoms with van der Waals surface area (Å²) in [5.41, 5.74) is -0.958. The predicted molar refractivity (Wildman–Crippen MR) is 68.5 cm³/mol. The molecule has 102 valence electrons. The maximum absolute atomic E-state index is 11.0. The van der Waals surface area contributed by atoms with Crippen molar-refractivity contribution in [2.45, 2.75) is 0 Å². The van der Waals surface area contributed by atoms with Crippen molar-refractivity contribution < 1.29 is 20.1 Å². The molecule has 2 rings (SSSR count). The number of phenolic OH excluding ortho intramolecular Hbond substituents is 2. The summed E-state index contributed by atoms with van der Waals surface area (Å²) in [6, 6.07) is 7.03. The number of nitro groups is 2. The van der Waals surface area contributed by atoms with Gasteiger partial charge in [0, 0.05) is 11.6 Å². The fourth-order valence-corrected chi connectivity index (χ4v) is 1.76. The number of hydrogen-bond acceptors (Lipinski definition) is 6. The Morgan fingerprint density at radius 1 is 0.900 bits per heavy atom. The summed E-state index contributed by atoms with van der Waals surface area (Å²) in [5.74, 6) is -0.959. The van der Waals surface area contributed by atoms with Crippen molar-refractivity contribution in [3.05, 3.63) is 56.6 Å². The van der Waals surface area contributed by atoms with E-state index in [1.807, 2.05) is 0 Å². The lowest BCUT2D eigenvalue weighted by Crippen LogP contribution is -1.95. The van der Waals surface area contributed by atoms with Gasteiger partial charge in [0.15, 0.2) is 11.5 Å². The van der Waals surface area contributed by atoms with Crippen LogP contribution in [0.15, 0.2) is 36.4 Å². The van der Waals surface area contributed by atoms with E-state index < -0.39 is 32.7 Å². The predicted octanol–water partition coefficient (Wildman–Crippen LogP) is 2.58. The van der Waals surface area contributed by atoms with E-state index in [-0.39, 0.29) is 11.1 Å². The second-order valence-electron chi connectivity index (χ2n) is 3.89. The van der Waals surface area contributed by atoms with Crippen molar-refractivity contribution >= 4 is 11.4 Å². The average Bonchev–Trinajstić information content (AvgIpc) is 2.41. The maximum Gasteiger partial charge on any atom is 0.284 e. The van der Waals surface area contributed by atoms with Crippen LogP contribution in [-0.2, 0) is 0 Å². The van der Waals surface area contributed by atoms with Gasteiger partial charge in [0.1, 0.15) is 0 Å². The normalized spacial score (nSPS) is 10.2. The van der Waals surface area contributed by atoms with Gasteiger partial charge < -0.3 is 10.2 Å². The summed E-state index contributed by atoms with van der Waals surface area (Å²) in [6.07, 6.45) is 0. The maximum atomic E-state index is 11.0. The molecule has 2 N–H and O–H groups in total. The number of nitro benzene ring substituents is 2. The zero-order chi connectivity index (χ0) is 14.9. The first-order valence-corrected chi connectivity index (χ1v) is 5.36. The first-order valence-electron chi connectivity index (χ1n) is 5.36. The van der Waals surface area contributed by atoms with Crippen molar-refractivity contribution in [2.24, 2.45) is 0 Å². The summed E-state index contributed by atoms with van der Waals surface area (Å²) in [7, 11) is 0. The van der Waals surface area contributed by atoms with Gasteiger partial charge in [0.05, 0.1) is 21.5 Å². The van der Waals surface area contributed by atoms with E-state index in [0.29, 0.717) is 0 Å². The van der Waals surface area contributed by atoms with E-state index in [4.69, 9.17) is 0 Å². The quantitative estimate of drug-likeness (QED) is 0.504. The zero-order valence-corrected chi connectivity index (χ0v) is 9.89. The molecular formula is C12H8N2O6. The van der Waals surface area contributed by atoms with Crippen LogP contribution < -0.4 is 0 Å². The molecule has 20 heavy (non-hydrogen) atoms. The number of benzene rings is 2. The fourth-order valence-electron chi connectivity index (χ4n) is 1.76. The van der Waals surface area contributed by atoms with Crippen LogP contribution in [-0.4, -0.2) is 20.1 Å². The molecule has 8 heteroatoms. The molecule has 0 spiro atoms. The van der Waals surface area contributed by atoms with E-state index in [2.05, 4.69) is 0 Å². The summed E-state index contributed by atoms with van der Waals surface area (Å²) >= 11 is 0. The molecule has 0 heterocycles. The average molecular weight is 276 g/mol. The number of aromatic hydroxyl groups is 2. The highest BCUT2D eigenvalue weighted by molar-refractivity contribution is 5.81. The van der Waals surface area contributed by atoms with Crippen LogP contribution in [0.25, 0.3) is 11.1 Å². The molecular weight excluding hydrogens is 268 g/mol. The topological polar surface area (TPSA) is 127 Å². The van der Waals surface area contributed by atoms with Gasteiger partial charge in [-0.2, -0.15) is 0 Å². The van der Waals surface area contributed by atoms with E-state index in [0.717, 1.165) is 18.2 Å². The van der Waals surface area contributed by atoms with Gasteiger partial charge in [-0.3, -0.25) is 20.2 Å². The van der Waals surface area contributed by atoms with Crippen LogP contribution in [0, 0.1) is 20.2 Å². The Morgan fingerprint density at radius 2 is 1.60 bits per heavy atom. The smallest absolute Gasteiger partial charge is 0.284 e. The number of rotatable bonds is 3. The molecule has 2 aromatic rings. The minimum Gasteiger partial charge on any atom is -0.504 e. The summed E-state index contributed by atoms with van der Waals surface area (Å²) < 4.78 is 0. The van der Waals surface area contributed by atoms with Gasteiger partial charge in [-0.05, 0) is 12.1 Å². The standard InChI is InChI=1S/C12H8N2O6/c15-11-3-1-2-9(12(11)16)8-5-4-7(13(17)18)6-10(8)14(19)20/h1-6,15-16H. The van der Waals surface area contributed by atoms with Gasteiger partial charge >= 0.3 is 0 Å². The van der Waals surface area contributed by atoms with E-state index in [1.165, 1.54) is 18.2 Å². The summed E-state index contributed by atoms with van der Waals surface area (Å²) in [4.78, 5) is 20.1. The molecule has 0 amide bonds. The molecule has 2 aromatic carbocycles. The number of para-hydroxylation sites is 1. The Labute approximate surface area is 111 Å². The van der Waals surface area contributed by atoms with Crippen molar-refractivity contribution in [2.75, 3.05) is 0 Å². The lowest BCUT2D eigenvalue weighted by Gasteiger charge is -2.06. The largest absolute Gasteiger partial charge is 0.504 e. The van der Waals surface area contributed by atoms with Gasteiger partial charge in [0.25, 0.3) is 11.4 Å². The van der Waals surface area contributed by atoms with Crippen molar-refractivity contribution in [3.8, 4) is 22.6 Å². The SMILES string of the molecule is O=[N+]([O-])c1ccc(-c2cccc(O)c2O)c([N+](=O)[O-])c1. The lowest BCUT2D eigenvalue weighted by molar-refractivity contribution is -0.393. The first kappa shape index (κ1) is 13.3. The number of phenols is 2. The first-order chi connectivity index (χ1) is 9.41. The Bertz CT molecular complexity index is 713. The molecule has 0 saturated carbocycles. The monoisotopic (exact) mass is 276 g/mol. The molecule has 0 aliphatic heterocycles. The number of hydrogen-bond donors (Lipinski definition) is 2. The van der Waals surface area contributed by atoms with Crippen LogP contribution in [0.2, 0.25) is 0 Å². The second-order valence-corrected chi connectivity index (χ2v) is 3.89. The summed E-state index contributed by atoms with van der Waals surface area (Å²) in [5, 5.41) is 40.8. The van der Waals surface area contributed by atoms with Crippen LogP contribution in [0.4, 0.5) is 11.4 Å². The third-order valence-electron chi connectivity index (χ3n) is 2.69. The molecule has 0 fully saturated rings.